The fourth-order valence-electron chi connectivity index (χ4n) is 0.427. The van der Waals surface area contributed by atoms with Crippen molar-refractivity contribution in [1.82, 2.24) is 4.98 Å². The second-order valence-electron chi connectivity index (χ2n) is 1.74. The van der Waals surface area contributed by atoms with E-state index in [4.69, 9.17) is 0 Å². The standard InChI is InChI=1S/C5H9NS2/c1-8(2)5-3-7-4-6-5/h3-4,8H,1-2H3. The summed E-state index contributed by atoms with van der Waals surface area (Å²) < 4.78 is 0. The largest absolute Gasteiger partial charge is 0.240 e. The molecule has 0 aliphatic rings. The van der Waals surface area contributed by atoms with Crippen LogP contribution in [0.25, 0.3) is 0 Å². The molecule has 46 valence electrons. The molecule has 0 saturated heterocycles. The molecule has 0 amide bonds. The Balaban J connectivity index is 2.77. The van der Waals surface area contributed by atoms with Crippen LogP contribution in [0.5, 0.6) is 0 Å². The van der Waals surface area contributed by atoms with Crippen LogP contribution in [0.2, 0.25) is 0 Å². The summed E-state index contributed by atoms with van der Waals surface area (Å²) in [7, 11) is 0.0408. The number of thiazole rings is 1. The molecule has 8 heavy (non-hydrogen) atoms. The first kappa shape index (κ1) is 6.11. The van der Waals surface area contributed by atoms with Gasteiger partial charge in [-0.2, -0.15) is 0 Å². The van der Waals surface area contributed by atoms with Gasteiger partial charge in [0.05, 0.1) is 10.5 Å². The molecular formula is C5H9NS2. The van der Waals surface area contributed by atoms with Gasteiger partial charge >= 0.3 is 0 Å². The molecule has 0 N–H and O–H groups in total. The van der Waals surface area contributed by atoms with Crippen LogP contribution in [0.1, 0.15) is 0 Å². The molecule has 0 aliphatic carbocycles. The summed E-state index contributed by atoms with van der Waals surface area (Å²) in [6.07, 6.45) is 4.43. The van der Waals surface area contributed by atoms with E-state index < -0.39 is 0 Å². The monoisotopic (exact) mass is 147 g/mol. The molecule has 0 atom stereocenters. The molecule has 3 heteroatoms. The third-order valence-corrected chi connectivity index (χ3v) is 2.80. The molecule has 0 unspecified atom stereocenters. The molecule has 0 spiro atoms. The van der Waals surface area contributed by atoms with Gasteiger partial charge in [0.1, 0.15) is 0 Å². The first-order valence-corrected chi connectivity index (χ1v) is 5.54. The zero-order chi connectivity index (χ0) is 5.98. The Bertz CT molecular complexity index is 145. The summed E-state index contributed by atoms with van der Waals surface area (Å²) in [5.41, 5.74) is 1.89. The lowest BCUT2D eigenvalue weighted by Crippen LogP contribution is -1.73. The smallest absolute Gasteiger partial charge is 0.0869 e. The molecule has 0 saturated carbocycles. The van der Waals surface area contributed by atoms with E-state index in [9.17, 15) is 0 Å². The van der Waals surface area contributed by atoms with Crippen molar-refractivity contribution in [1.29, 1.82) is 0 Å². The summed E-state index contributed by atoms with van der Waals surface area (Å²) >= 11 is 1.67. The summed E-state index contributed by atoms with van der Waals surface area (Å²) in [5.74, 6) is 0. The zero-order valence-electron chi connectivity index (χ0n) is 4.96. The Hall–Kier alpha value is -0.0200. The number of hydrogen-bond donors (Lipinski definition) is 1. The van der Waals surface area contributed by atoms with E-state index in [-0.39, 0.29) is 10.9 Å². The highest BCUT2D eigenvalue weighted by atomic mass is 32.2. The maximum Gasteiger partial charge on any atom is 0.0869 e. The highest BCUT2D eigenvalue weighted by molar-refractivity contribution is 8.15. The third-order valence-electron chi connectivity index (χ3n) is 0.877. The van der Waals surface area contributed by atoms with Crippen LogP contribution in [0.15, 0.2) is 15.9 Å². The normalized spacial score (nSPS) is 11.5. The van der Waals surface area contributed by atoms with Crippen molar-refractivity contribution in [2.75, 3.05) is 12.5 Å². The first-order chi connectivity index (χ1) is 3.80. The van der Waals surface area contributed by atoms with E-state index in [1.165, 1.54) is 5.03 Å². The number of hydrogen-bond acceptors (Lipinski definition) is 2. The lowest BCUT2D eigenvalue weighted by Gasteiger charge is -2.01. The molecule has 0 aliphatic heterocycles. The minimum atomic E-state index is 0.0408. The molecule has 0 aromatic carbocycles. The SMILES string of the molecule is C[SH](C)c1cscn1. The minimum Gasteiger partial charge on any atom is -0.240 e. The van der Waals surface area contributed by atoms with E-state index in [1.54, 1.807) is 11.3 Å². The molecule has 0 fully saturated rings. The van der Waals surface area contributed by atoms with Crippen molar-refractivity contribution in [2.45, 2.75) is 5.03 Å². The van der Waals surface area contributed by atoms with E-state index >= 15 is 0 Å². The maximum atomic E-state index is 4.16. The van der Waals surface area contributed by atoms with Crippen molar-refractivity contribution in [3.63, 3.8) is 0 Å². The third kappa shape index (κ3) is 1.23. The van der Waals surface area contributed by atoms with Crippen LogP contribution >= 0.6 is 22.2 Å². The van der Waals surface area contributed by atoms with Crippen LogP contribution in [0.3, 0.4) is 0 Å². The van der Waals surface area contributed by atoms with Gasteiger partial charge in [-0.15, -0.1) is 11.3 Å². The van der Waals surface area contributed by atoms with Crippen LogP contribution in [0, 0.1) is 0 Å². The Kier molecular flexibility index (Phi) is 1.91. The van der Waals surface area contributed by atoms with E-state index in [2.05, 4.69) is 22.9 Å². The molecule has 1 aromatic rings. The predicted molar refractivity (Wildman–Crippen MR) is 41.2 cm³/mol. The average Bonchev–Trinajstić information content (AvgIpc) is 2.12. The fourth-order valence-corrected chi connectivity index (χ4v) is 2.24. The van der Waals surface area contributed by atoms with Crippen molar-refractivity contribution in [2.24, 2.45) is 0 Å². The Labute approximate surface area is 56.1 Å². The van der Waals surface area contributed by atoms with Gasteiger partial charge in [0.15, 0.2) is 0 Å². The number of thiol groups is 1. The van der Waals surface area contributed by atoms with Crippen molar-refractivity contribution >= 4 is 22.2 Å². The molecule has 1 rings (SSSR count). The number of nitrogens with zero attached hydrogens (tertiary/aromatic N) is 1. The highest BCUT2D eigenvalue weighted by Gasteiger charge is 1.92. The Morgan fingerprint density at radius 1 is 1.62 bits per heavy atom. The molecule has 1 heterocycles. The molecule has 1 aromatic heterocycles. The highest BCUT2D eigenvalue weighted by Crippen LogP contribution is 2.26. The first-order valence-electron chi connectivity index (χ1n) is 2.36. The van der Waals surface area contributed by atoms with E-state index in [0.717, 1.165) is 0 Å². The lowest BCUT2D eigenvalue weighted by molar-refractivity contribution is 1.20. The molecule has 1 nitrogen and oxygen atoms in total. The van der Waals surface area contributed by atoms with E-state index in [1.807, 2.05) is 5.51 Å². The van der Waals surface area contributed by atoms with Crippen molar-refractivity contribution in [3.05, 3.63) is 10.9 Å². The molecular weight excluding hydrogens is 138 g/mol. The Morgan fingerprint density at radius 3 is 2.62 bits per heavy atom. The number of rotatable bonds is 1. The van der Waals surface area contributed by atoms with Gasteiger partial charge in [-0.05, 0) is 12.5 Å². The average molecular weight is 147 g/mol. The van der Waals surface area contributed by atoms with Gasteiger partial charge in [-0.1, -0.05) is 0 Å². The van der Waals surface area contributed by atoms with Gasteiger partial charge in [0.2, 0.25) is 0 Å². The quantitative estimate of drug-likeness (QED) is 0.597. The van der Waals surface area contributed by atoms with Crippen LogP contribution in [-0.4, -0.2) is 17.5 Å². The van der Waals surface area contributed by atoms with Gasteiger partial charge in [-0.3, -0.25) is 0 Å². The van der Waals surface area contributed by atoms with Crippen LogP contribution < -0.4 is 0 Å². The number of aromatic nitrogens is 1. The van der Waals surface area contributed by atoms with Crippen molar-refractivity contribution < 1.29 is 0 Å². The molecule has 0 bridgehead atoms. The van der Waals surface area contributed by atoms with Gasteiger partial charge in [-0.25, -0.2) is 15.9 Å². The molecule has 0 radical (unpaired) electrons. The summed E-state index contributed by atoms with van der Waals surface area (Å²) in [6.45, 7) is 0. The second kappa shape index (κ2) is 2.51. The second-order valence-corrected chi connectivity index (χ2v) is 4.71. The maximum absolute atomic E-state index is 4.16. The summed E-state index contributed by atoms with van der Waals surface area (Å²) in [5, 5.41) is 3.39. The van der Waals surface area contributed by atoms with Crippen LogP contribution in [-0.2, 0) is 0 Å². The van der Waals surface area contributed by atoms with Crippen molar-refractivity contribution in [3.8, 4) is 0 Å². The summed E-state index contributed by atoms with van der Waals surface area (Å²) in [4.78, 5) is 4.16. The minimum absolute atomic E-state index is 0.0408. The van der Waals surface area contributed by atoms with Gasteiger partial charge in [0.25, 0.3) is 0 Å². The fraction of sp³-hybridized carbons (Fsp3) is 0.400. The van der Waals surface area contributed by atoms with E-state index in [0.29, 0.717) is 0 Å². The summed E-state index contributed by atoms with van der Waals surface area (Å²) in [6, 6.07) is 0. The topological polar surface area (TPSA) is 12.9 Å². The Morgan fingerprint density at radius 2 is 2.38 bits per heavy atom. The van der Waals surface area contributed by atoms with Gasteiger partial charge in [0, 0.05) is 5.38 Å². The van der Waals surface area contributed by atoms with Gasteiger partial charge < -0.3 is 0 Å². The predicted octanol–water partition coefficient (Wildman–Crippen LogP) is 1.76. The lowest BCUT2D eigenvalue weighted by atomic mass is 11.0. The zero-order valence-corrected chi connectivity index (χ0v) is 6.67. The van der Waals surface area contributed by atoms with Crippen LogP contribution in [0.4, 0.5) is 0 Å².